The number of fused-ring (bicyclic) bond motifs is 2. The van der Waals surface area contributed by atoms with Crippen molar-refractivity contribution in [1.82, 2.24) is 0 Å². The first kappa shape index (κ1) is 18.5. The quantitative estimate of drug-likeness (QED) is 0.248. The first-order chi connectivity index (χ1) is 13.5. The number of hydrogen-bond acceptors (Lipinski definition) is 0. The van der Waals surface area contributed by atoms with Gasteiger partial charge < -0.3 is 0 Å². The molecule has 4 aromatic carbocycles. The first-order valence-electron chi connectivity index (χ1n) is 10.2. The normalized spacial score (nSPS) is 12.6. The van der Waals surface area contributed by atoms with E-state index >= 15 is 0 Å². The standard InChI is InChI=1S/C28H28/c1-19(2)21(4)20(3)17-22-13-15-23(16-14-22)28-26-11-7-5-9-24(26)18-25-10-6-8-12-27(25)28/h5-16,18-20H,4,17H2,1-3H3/t20-/m0/s1. The summed E-state index contributed by atoms with van der Waals surface area (Å²) < 4.78 is 0. The fourth-order valence-corrected chi connectivity index (χ4v) is 4.19. The van der Waals surface area contributed by atoms with E-state index in [1.807, 2.05) is 0 Å². The minimum absolute atomic E-state index is 0.504. The van der Waals surface area contributed by atoms with Gasteiger partial charge in [0.2, 0.25) is 0 Å². The highest BCUT2D eigenvalue weighted by atomic mass is 14.2. The van der Waals surface area contributed by atoms with E-state index in [1.165, 1.54) is 43.8 Å². The van der Waals surface area contributed by atoms with Crippen molar-refractivity contribution in [2.45, 2.75) is 27.2 Å². The molecule has 0 spiro atoms. The van der Waals surface area contributed by atoms with Crippen LogP contribution in [0.1, 0.15) is 26.3 Å². The van der Waals surface area contributed by atoms with Crippen LogP contribution < -0.4 is 0 Å². The summed E-state index contributed by atoms with van der Waals surface area (Å²) in [6.45, 7) is 11.0. The number of rotatable bonds is 5. The molecule has 0 heteroatoms. The minimum atomic E-state index is 0.504. The minimum Gasteiger partial charge on any atom is -0.0993 e. The van der Waals surface area contributed by atoms with E-state index in [0.717, 1.165) is 6.42 Å². The summed E-state index contributed by atoms with van der Waals surface area (Å²) >= 11 is 0. The van der Waals surface area contributed by atoms with E-state index in [4.69, 9.17) is 0 Å². The molecule has 28 heavy (non-hydrogen) atoms. The summed E-state index contributed by atoms with van der Waals surface area (Å²) in [6.07, 6.45) is 1.05. The van der Waals surface area contributed by atoms with Crippen LogP contribution in [0, 0.1) is 11.8 Å². The molecule has 0 heterocycles. The van der Waals surface area contributed by atoms with Gasteiger partial charge in [-0.15, -0.1) is 0 Å². The van der Waals surface area contributed by atoms with E-state index in [0.29, 0.717) is 11.8 Å². The topological polar surface area (TPSA) is 0 Å². The largest absolute Gasteiger partial charge is 0.0993 e. The molecule has 0 aliphatic carbocycles. The van der Waals surface area contributed by atoms with Gasteiger partial charge in [0, 0.05) is 0 Å². The molecule has 0 radical (unpaired) electrons. The second-order valence-electron chi connectivity index (χ2n) is 8.23. The molecule has 0 aromatic heterocycles. The second-order valence-corrected chi connectivity index (χ2v) is 8.23. The maximum Gasteiger partial charge on any atom is -0.00268 e. The third kappa shape index (κ3) is 3.47. The molecule has 0 bridgehead atoms. The van der Waals surface area contributed by atoms with Crippen molar-refractivity contribution in [3.8, 4) is 11.1 Å². The molecule has 0 aliphatic rings. The van der Waals surface area contributed by atoms with Gasteiger partial charge in [-0.05, 0) is 62.6 Å². The molecule has 0 saturated heterocycles. The van der Waals surface area contributed by atoms with E-state index < -0.39 is 0 Å². The lowest BCUT2D eigenvalue weighted by Crippen LogP contribution is -2.07. The average molecular weight is 365 g/mol. The Morgan fingerprint density at radius 3 is 1.82 bits per heavy atom. The van der Waals surface area contributed by atoms with E-state index in [1.54, 1.807) is 0 Å². The Labute approximate surface area is 168 Å². The van der Waals surface area contributed by atoms with Gasteiger partial charge in [0.05, 0.1) is 0 Å². The molecule has 0 saturated carbocycles. The molecule has 4 rings (SSSR count). The summed E-state index contributed by atoms with van der Waals surface area (Å²) in [5.41, 5.74) is 5.33. The number of benzene rings is 4. The molecule has 0 N–H and O–H groups in total. The predicted molar refractivity (Wildman–Crippen MR) is 124 cm³/mol. The molecule has 0 unspecified atom stereocenters. The lowest BCUT2D eigenvalue weighted by Gasteiger charge is -2.18. The average Bonchev–Trinajstić information content (AvgIpc) is 2.72. The van der Waals surface area contributed by atoms with Crippen LogP contribution >= 0.6 is 0 Å². The van der Waals surface area contributed by atoms with Gasteiger partial charge in [-0.25, -0.2) is 0 Å². The molecule has 4 aromatic rings. The monoisotopic (exact) mass is 364 g/mol. The zero-order valence-electron chi connectivity index (χ0n) is 17.1. The van der Waals surface area contributed by atoms with Crippen molar-refractivity contribution < 1.29 is 0 Å². The van der Waals surface area contributed by atoms with E-state index in [9.17, 15) is 0 Å². The van der Waals surface area contributed by atoms with Gasteiger partial charge in [0.25, 0.3) is 0 Å². The van der Waals surface area contributed by atoms with Gasteiger partial charge >= 0.3 is 0 Å². The van der Waals surface area contributed by atoms with Crippen LogP contribution in [0.25, 0.3) is 32.7 Å². The number of hydrogen-bond donors (Lipinski definition) is 0. The third-order valence-electron chi connectivity index (χ3n) is 5.93. The van der Waals surface area contributed by atoms with Crippen LogP contribution in [0.4, 0.5) is 0 Å². The van der Waals surface area contributed by atoms with Crippen molar-refractivity contribution in [1.29, 1.82) is 0 Å². The van der Waals surface area contributed by atoms with Crippen molar-refractivity contribution >= 4 is 21.5 Å². The molecule has 0 fully saturated rings. The Balaban J connectivity index is 1.77. The van der Waals surface area contributed by atoms with Crippen LogP contribution in [-0.2, 0) is 6.42 Å². The van der Waals surface area contributed by atoms with Gasteiger partial charge in [-0.2, -0.15) is 0 Å². The molecule has 140 valence electrons. The predicted octanol–water partition coefficient (Wildman–Crippen LogP) is 8.05. The number of allylic oxidation sites excluding steroid dienone is 1. The second kappa shape index (κ2) is 7.64. The van der Waals surface area contributed by atoms with Gasteiger partial charge in [0.1, 0.15) is 0 Å². The van der Waals surface area contributed by atoms with Gasteiger partial charge in [-0.1, -0.05) is 106 Å². The Morgan fingerprint density at radius 1 is 0.750 bits per heavy atom. The summed E-state index contributed by atoms with van der Waals surface area (Å²) in [5.74, 6) is 1.04. The van der Waals surface area contributed by atoms with Crippen LogP contribution in [0.5, 0.6) is 0 Å². The highest BCUT2D eigenvalue weighted by Crippen LogP contribution is 2.36. The van der Waals surface area contributed by atoms with Crippen LogP contribution in [-0.4, -0.2) is 0 Å². The first-order valence-corrected chi connectivity index (χ1v) is 10.2. The summed E-state index contributed by atoms with van der Waals surface area (Å²) in [4.78, 5) is 0. The molecule has 1 atom stereocenters. The smallest absolute Gasteiger partial charge is 0.00268 e. The highest BCUT2D eigenvalue weighted by Gasteiger charge is 2.12. The lowest BCUT2D eigenvalue weighted by atomic mass is 9.87. The third-order valence-corrected chi connectivity index (χ3v) is 5.93. The van der Waals surface area contributed by atoms with E-state index in [2.05, 4.69) is 106 Å². The molecule has 0 nitrogen and oxygen atoms in total. The Bertz CT molecular complexity index is 1080. The van der Waals surface area contributed by atoms with Gasteiger partial charge in [0.15, 0.2) is 0 Å². The SMILES string of the molecule is C=C(C(C)C)[C@@H](C)Cc1ccc(-c2c3ccccc3cc3ccccc23)cc1. The Hall–Kier alpha value is -2.86. The highest BCUT2D eigenvalue weighted by molar-refractivity contribution is 6.12. The molecule has 0 amide bonds. The van der Waals surface area contributed by atoms with Crippen molar-refractivity contribution in [3.05, 3.63) is 96.6 Å². The maximum atomic E-state index is 4.28. The Morgan fingerprint density at radius 2 is 1.29 bits per heavy atom. The fraction of sp³-hybridized carbons (Fsp3) is 0.214. The molecular weight excluding hydrogens is 336 g/mol. The van der Waals surface area contributed by atoms with Crippen LogP contribution in [0.2, 0.25) is 0 Å². The Kier molecular flexibility index (Phi) is 5.05. The van der Waals surface area contributed by atoms with Crippen LogP contribution in [0.15, 0.2) is 91.0 Å². The van der Waals surface area contributed by atoms with Gasteiger partial charge in [-0.3, -0.25) is 0 Å². The lowest BCUT2D eigenvalue weighted by molar-refractivity contribution is 0.584. The van der Waals surface area contributed by atoms with Crippen molar-refractivity contribution in [2.75, 3.05) is 0 Å². The molecular formula is C28H28. The summed E-state index contributed by atoms with van der Waals surface area (Å²) in [5, 5.41) is 5.22. The summed E-state index contributed by atoms with van der Waals surface area (Å²) in [6, 6.07) is 28.8. The van der Waals surface area contributed by atoms with Crippen LogP contribution in [0.3, 0.4) is 0 Å². The zero-order chi connectivity index (χ0) is 19.7. The summed E-state index contributed by atoms with van der Waals surface area (Å²) in [7, 11) is 0. The van der Waals surface area contributed by atoms with Crippen molar-refractivity contribution in [2.24, 2.45) is 11.8 Å². The zero-order valence-corrected chi connectivity index (χ0v) is 17.1. The van der Waals surface area contributed by atoms with E-state index in [-0.39, 0.29) is 0 Å². The molecule has 0 aliphatic heterocycles. The fourth-order valence-electron chi connectivity index (χ4n) is 4.19. The van der Waals surface area contributed by atoms with Crippen molar-refractivity contribution in [3.63, 3.8) is 0 Å². The maximum absolute atomic E-state index is 4.28.